The summed E-state index contributed by atoms with van der Waals surface area (Å²) in [4.78, 5) is 2.53. The van der Waals surface area contributed by atoms with Gasteiger partial charge in [-0.15, -0.1) is 0 Å². The number of hydrogen-bond acceptors (Lipinski definition) is 1. The Balaban J connectivity index is 1.76. The van der Waals surface area contributed by atoms with Gasteiger partial charge in [0.1, 0.15) is 0 Å². The molecule has 0 aromatic heterocycles. The van der Waals surface area contributed by atoms with Gasteiger partial charge in [-0.05, 0) is 36.8 Å². The molecule has 1 aromatic carbocycles. The molecule has 1 nitrogen and oxygen atoms in total. The third-order valence-corrected chi connectivity index (χ3v) is 5.21. The summed E-state index contributed by atoms with van der Waals surface area (Å²) < 4.78 is 0. The number of unbranched alkanes of at least 4 members (excludes halogenated alkanes) is 2. The van der Waals surface area contributed by atoms with Crippen LogP contribution in [0.1, 0.15) is 52.0 Å². The van der Waals surface area contributed by atoms with E-state index in [-0.39, 0.29) is 0 Å². The quantitative estimate of drug-likeness (QED) is 0.611. The Morgan fingerprint density at radius 2 is 1.75 bits per heavy atom. The molecule has 112 valence electrons. The van der Waals surface area contributed by atoms with Crippen molar-refractivity contribution in [2.45, 2.75) is 53.4 Å². The van der Waals surface area contributed by atoms with Gasteiger partial charge in [-0.2, -0.15) is 0 Å². The number of hydrogen-bond donors (Lipinski definition) is 0. The molecule has 2 rings (SSSR count). The van der Waals surface area contributed by atoms with Crippen LogP contribution in [0.25, 0.3) is 0 Å². The molecule has 1 aromatic rings. The lowest BCUT2D eigenvalue weighted by Gasteiger charge is -2.45. The predicted octanol–water partition coefficient (Wildman–Crippen LogP) is 5.28. The number of nitrogens with zero attached hydrogens (tertiary/aromatic N) is 1. The van der Waals surface area contributed by atoms with Crippen LogP contribution in [0.3, 0.4) is 0 Å². The van der Waals surface area contributed by atoms with E-state index in [0.717, 1.165) is 17.8 Å². The molecule has 1 heteroatoms. The van der Waals surface area contributed by atoms with Gasteiger partial charge in [-0.25, -0.2) is 0 Å². The zero-order valence-corrected chi connectivity index (χ0v) is 13.7. The Morgan fingerprint density at radius 3 is 2.35 bits per heavy atom. The first-order valence-electron chi connectivity index (χ1n) is 8.43. The maximum atomic E-state index is 2.53. The smallest absolute Gasteiger partial charge is 0.0366 e. The summed E-state index contributed by atoms with van der Waals surface area (Å²) in [5.74, 6) is 2.65. The van der Waals surface area contributed by atoms with E-state index >= 15 is 0 Å². The fourth-order valence-electron chi connectivity index (χ4n) is 3.26. The van der Waals surface area contributed by atoms with Crippen LogP contribution in [-0.4, -0.2) is 13.1 Å². The largest absolute Gasteiger partial charge is 0.371 e. The lowest BCUT2D eigenvalue weighted by Crippen LogP contribution is -2.50. The number of rotatable bonds is 7. The molecule has 0 spiro atoms. The van der Waals surface area contributed by atoms with E-state index < -0.39 is 0 Å². The lowest BCUT2D eigenvalue weighted by atomic mass is 9.77. The molecule has 0 saturated carbocycles. The van der Waals surface area contributed by atoms with E-state index in [1.54, 1.807) is 0 Å². The SMILES string of the molecule is CCCCCC(C)C(C)C1CN(c2ccc(C)cc2)C1. The Labute approximate surface area is 125 Å². The molecular formula is C19H31N. The molecule has 1 saturated heterocycles. The van der Waals surface area contributed by atoms with Crippen molar-refractivity contribution in [1.82, 2.24) is 0 Å². The average Bonchev–Trinajstić information content (AvgIpc) is 2.39. The monoisotopic (exact) mass is 273 g/mol. The summed E-state index contributed by atoms with van der Waals surface area (Å²) in [7, 11) is 0. The van der Waals surface area contributed by atoms with Gasteiger partial charge in [-0.3, -0.25) is 0 Å². The van der Waals surface area contributed by atoms with Crippen molar-refractivity contribution in [3.05, 3.63) is 29.8 Å². The summed E-state index contributed by atoms with van der Waals surface area (Å²) in [6, 6.07) is 8.97. The summed E-state index contributed by atoms with van der Waals surface area (Å²) >= 11 is 0. The molecule has 1 heterocycles. The second-order valence-corrected chi connectivity index (χ2v) is 6.83. The van der Waals surface area contributed by atoms with Crippen molar-refractivity contribution in [1.29, 1.82) is 0 Å². The van der Waals surface area contributed by atoms with Crippen LogP contribution in [0, 0.1) is 24.7 Å². The van der Waals surface area contributed by atoms with Crippen molar-refractivity contribution in [2.75, 3.05) is 18.0 Å². The van der Waals surface area contributed by atoms with Crippen LogP contribution in [0.2, 0.25) is 0 Å². The minimum atomic E-state index is 0.869. The highest BCUT2D eigenvalue weighted by molar-refractivity contribution is 5.49. The number of benzene rings is 1. The zero-order valence-electron chi connectivity index (χ0n) is 13.7. The zero-order chi connectivity index (χ0) is 14.5. The van der Waals surface area contributed by atoms with Crippen molar-refractivity contribution < 1.29 is 0 Å². The van der Waals surface area contributed by atoms with Gasteiger partial charge in [0.05, 0.1) is 0 Å². The topological polar surface area (TPSA) is 3.24 Å². The molecule has 1 aliphatic rings. The Morgan fingerprint density at radius 1 is 1.10 bits per heavy atom. The maximum absolute atomic E-state index is 2.53. The van der Waals surface area contributed by atoms with Crippen LogP contribution in [0.4, 0.5) is 5.69 Å². The highest BCUT2D eigenvalue weighted by Gasteiger charge is 2.33. The summed E-state index contributed by atoms with van der Waals surface area (Å²) in [5.41, 5.74) is 2.75. The summed E-state index contributed by atoms with van der Waals surface area (Å²) in [6.45, 7) is 11.9. The Hall–Kier alpha value is -0.980. The second-order valence-electron chi connectivity index (χ2n) is 6.83. The number of anilines is 1. The minimum absolute atomic E-state index is 0.869. The molecule has 2 unspecified atom stereocenters. The van der Waals surface area contributed by atoms with E-state index in [9.17, 15) is 0 Å². The third-order valence-electron chi connectivity index (χ3n) is 5.21. The molecule has 0 amide bonds. The summed E-state index contributed by atoms with van der Waals surface area (Å²) in [6.07, 6.45) is 5.56. The average molecular weight is 273 g/mol. The molecule has 0 aliphatic carbocycles. The van der Waals surface area contributed by atoms with Gasteiger partial charge < -0.3 is 4.90 Å². The molecule has 1 fully saturated rings. The van der Waals surface area contributed by atoms with E-state index in [4.69, 9.17) is 0 Å². The van der Waals surface area contributed by atoms with Crippen LogP contribution in [0.5, 0.6) is 0 Å². The van der Waals surface area contributed by atoms with Gasteiger partial charge in [0.2, 0.25) is 0 Å². The molecule has 2 atom stereocenters. The fourth-order valence-corrected chi connectivity index (χ4v) is 3.26. The first-order valence-corrected chi connectivity index (χ1v) is 8.43. The lowest BCUT2D eigenvalue weighted by molar-refractivity contribution is 0.208. The summed E-state index contributed by atoms with van der Waals surface area (Å²) in [5, 5.41) is 0. The molecule has 0 bridgehead atoms. The third kappa shape index (κ3) is 3.77. The van der Waals surface area contributed by atoms with Gasteiger partial charge in [0.25, 0.3) is 0 Å². The van der Waals surface area contributed by atoms with Gasteiger partial charge in [-0.1, -0.05) is 64.2 Å². The standard InChI is InChI=1S/C19H31N/c1-5-6-7-8-16(3)17(4)18-13-20(14-18)19-11-9-15(2)10-12-19/h9-12,16-18H,5-8,13-14H2,1-4H3. The van der Waals surface area contributed by atoms with Gasteiger partial charge in [0.15, 0.2) is 0 Å². The first kappa shape index (κ1) is 15.4. The maximum Gasteiger partial charge on any atom is 0.0366 e. The van der Waals surface area contributed by atoms with Crippen molar-refractivity contribution in [3.63, 3.8) is 0 Å². The number of aryl methyl sites for hydroxylation is 1. The van der Waals surface area contributed by atoms with E-state index in [0.29, 0.717) is 0 Å². The highest BCUT2D eigenvalue weighted by Crippen LogP contribution is 2.34. The van der Waals surface area contributed by atoms with E-state index in [1.165, 1.54) is 50.0 Å². The van der Waals surface area contributed by atoms with E-state index in [2.05, 4.69) is 56.9 Å². The van der Waals surface area contributed by atoms with Crippen molar-refractivity contribution in [2.24, 2.45) is 17.8 Å². The van der Waals surface area contributed by atoms with E-state index in [1.807, 2.05) is 0 Å². The first-order chi connectivity index (χ1) is 9.61. The van der Waals surface area contributed by atoms with Gasteiger partial charge >= 0.3 is 0 Å². The Bertz CT molecular complexity index is 389. The molecule has 20 heavy (non-hydrogen) atoms. The van der Waals surface area contributed by atoms with Crippen molar-refractivity contribution in [3.8, 4) is 0 Å². The fraction of sp³-hybridized carbons (Fsp3) is 0.684. The normalized spacial score (nSPS) is 18.7. The van der Waals surface area contributed by atoms with Crippen LogP contribution in [0.15, 0.2) is 24.3 Å². The van der Waals surface area contributed by atoms with Gasteiger partial charge in [0, 0.05) is 18.8 Å². The molecule has 0 radical (unpaired) electrons. The Kier molecular flexibility index (Phi) is 5.51. The molecule has 0 N–H and O–H groups in total. The predicted molar refractivity (Wildman–Crippen MR) is 89.4 cm³/mol. The molecule has 1 aliphatic heterocycles. The van der Waals surface area contributed by atoms with Crippen molar-refractivity contribution >= 4 is 5.69 Å². The highest BCUT2D eigenvalue weighted by atomic mass is 15.2. The van der Waals surface area contributed by atoms with Crippen LogP contribution >= 0.6 is 0 Å². The molecular weight excluding hydrogens is 242 g/mol. The second kappa shape index (κ2) is 7.15. The minimum Gasteiger partial charge on any atom is -0.371 e. The van der Waals surface area contributed by atoms with Crippen LogP contribution in [-0.2, 0) is 0 Å². The van der Waals surface area contributed by atoms with Crippen LogP contribution < -0.4 is 4.90 Å².